The third-order valence-corrected chi connectivity index (χ3v) is 0.510. The number of hydrogen-bond acceptors (Lipinski definition) is 2. The molecule has 0 radical (unpaired) electrons. The van der Waals surface area contributed by atoms with Crippen molar-refractivity contribution in [3.05, 3.63) is 25.3 Å². The van der Waals surface area contributed by atoms with Crippen LogP contribution >= 0.6 is 30.0 Å². The Morgan fingerprint density at radius 3 is 2.08 bits per heavy atom. The summed E-state index contributed by atoms with van der Waals surface area (Å²) in [5, 5.41) is 0. The molecule has 0 atom stereocenters. The first-order chi connectivity index (χ1) is 5.54. The van der Waals surface area contributed by atoms with E-state index in [1.54, 1.807) is 0 Å². The second-order valence-corrected chi connectivity index (χ2v) is 12.7. The van der Waals surface area contributed by atoms with Crippen molar-refractivity contribution >= 4 is 47.6 Å². The van der Waals surface area contributed by atoms with Gasteiger partial charge >= 0.3 is 47.6 Å². The molecular formula is C6H9Cl3GeO2. The molecule has 0 rings (SSSR count). The first-order valence-electron chi connectivity index (χ1n) is 2.86. The summed E-state index contributed by atoms with van der Waals surface area (Å²) in [4.78, 5) is 10.2. The van der Waals surface area contributed by atoms with Crippen molar-refractivity contribution in [2.75, 3.05) is 6.61 Å². The third-order valence-electron chi connectivity index (χ3n) is 0.510. The van der Waals surface area contributed by atoms with Crippen LogP contribution in [0.25, 0.3) is 0 Å². The average Bonchev–Trinajstić information content (AvgIpc) is 1.99. The van der Waals surface area contributed by atoms with E-state index in [0.717, 1.165) is 6.08 Å². The Bertz CT molecular complexity index is 147. The quantitative estimate of drug-likeness (QED) is 0.345. The zero-order valence-corrected chi connectivity index (χ0v) is 11.0. The van der Waals surface area contributed by atoms with E-state index in [0.29, 0.717) is 0 Å². The second kappa shape index (κ2) is 11.4. The van der Waals surface area contributed by atoms with Crippen molar-refractivity contribution in [1.29, 1.82) is 0 Å². The van der Waals surface area contributed by atoms with Gasteiger partial charge in [0.25, 0.3) is 0 Å². The predicted octanol–water partition coefficient (Wildman–Crippen LogP) is 2.32. The van der Waals surface area contributed by atoms with E-state index in [9.17, 15) is 4.79 Å². The van der Waals surface area contributed by atoms with Gasteiger partial charge in [0.15, 0.2) is 0 Å². The van der Waals surface area contributed by atoms with E-state index in [-0.39, 0.29) is 6.61 Å². The Morgan fingerprint density at radius 2 is 1.83 bits per heavy atom. The minimum atomic E-state index is -2.06. The molecule has 0 amide bonds. The normalized spacial score (nSPS) is 8.00. The molecule has 0 spiro atoms. The van der Waals surface area contributed by atoms with E-state index < -0.39 is 17.5 Å². The molecular weight excluding hydrogens is 283 g/mol. The summed E-state index contributed by atoms with van der Waals surface area (Å²) in [5.41, 5.74) is 0. The van der Waals surface area contributed by atoms with E-state index in [1.807, 2.05) is 0 Å². The van der Waals surface area contributed by atoms with E-state index in [2.05, 4.69) is 17.9 Å². The van der Waals surface area contributed by atoms with Crippen LogP contribution in [-0.2, 0) is 9.53 Å². The van der Waals surface area contributed by atoms with E-state index in [4.69, 9.17) is 30.0 Å². The standard InChI is InChI=1S/C6H8O2.Cl3GeH/c1-3-5-8-6(7)4-2;1-4(2)3/h3-4H,1-2,5H2;4H. The van der Waals surface area contributed by atoms with Crippen molar-refractivity contribution in [2.45, 2.75) is 0 Å². The van der Waals surface area contributed by atoms with Crippen LogP contribution in [0.2, 0.25) is 0 Å². The molecule has 2 nitrogen and oxygen atoms in total. The minimum absolute atomic E-state index is 0.255. The number of hydrogen-bond donors (Lipinski definition) is 0. The van der Waals surface area contributed by atoms with Gasteiger partial charge in [-0.25, -0.2) is 4.79 Å². The Kier molecular flexibility index (Phi) is 14.1. The van der Waals surface area contributed by atoms with Crippen molar-refractivity contribution < 1.29 is 9.53 Å². The van der Waals surface area contributed by atoms with Crippen molar-refractivity contribution in [1.82, 2.24) is 0 Å². The summed E-state index contributed by atoms with van der Waals surface area (Å²) in [6.45, 7) is 6.81. The fraction of sp³-hybridized carbons (Fsp3) is 0.167. The van der Waals surface area contributed by atoms with Crippen LogP contribution in [0.4, 0.5) is 0 Å². The van der Waals surface area contributed by atoms with Gasteiger partial charge in [0.1, 0.15) is 6.61 Å². The summed E-state index contributed by atoms with van der Waals surface area (Å²) in [6, 6.07) is 0. The number of esters is 1. The molecule has 0 aliphatic heterocycles. The predicted molar refractivity (Wildman–Crippen MR) is 56.1 cm³/mol. The Labute approximate surface area is 88.8 Å². The monoisotopic (exact) mass is 292 g/mol. The van der Waals surface area contributed by atoms with Gasteiger partial charge < -0.3 is 4.74 Å². The molecule has 0 aliphatic rings. The summed E-state index contributed by atoms with van der Waals surface area (Å²) in [6.07, 6.45) is 2.62. The van der Waals surface area contributed by atoms with Gasteiger partial charge in [-0.15, -0.1) is 0 Å². The molecule has 6 heteroatoms. The summed E-state index contributed by atoms with van der Waals surface area (Å²) in [7, 11) is 15.0. The van der Waals surface area contributed by atoms with Crippen LogP contribution in [0.5, 0.6) is 0 Å². The molecule has 0 aromatic heterocycles. The molecule has 0 bridgehead atoms. The topological polar surface area (TPSA) is 26.3 Å². The molecule has 0 unspecified atom stereocenters. The summed E-state index contributed by atoms with van der Waals surface area (Å²) in [5.74, 6) is -0.412. The van der Waals surface area contributed by atoms with E-state index >= 15 is 0 Å². The van der Waals surface area contributed by atoms with Gasteiger partial charge in [-0.1, -0.05) is 19.2 Å². The van der Waals surface area contributed by atoms with Crippen molar-refractivity contribution in [3.8, 4) is 0 Å². The molecule has 0 aliphatic carbocycles. The molecule has 0 aromatic rings. The molecule has 0 heterocycles. The summed E-state index contributed by atoms with van der Waals surface area (Å²) >= 11 is -2.06. The zero-order valence-electron chi connectivity index (χ0n) is 6.30. The van der Waals surface area contributed by atoms with Crippen LogP contribution in [0.3, 0.4) is 0 Å². The van der Waals surface area contributed by atoms with Gasteiger partial charge in [0.2, 0.25) is 0 Å². The van der Waals surface area contributed by atoms with Crippen molar-refractivity contribution in [2.24, 2.45) is 0 Å². The van der Waals surface area contributed by atoms with Crippen LogP contribution in [0, 0.1) is 0 Å². The van der Waals surface area contributed by atoms with E-state index in [1.165, 1.54) is 6.08 Å². The summed E-state index contributed by atoms with van der Waals surface area (Å²) < 4.78 is 4.47. The van der Waals surface area contributed by atoms with Crippen LogP contribution < -0.4 is 0 Å². The molecule has 0 aromatic carbocycles. The van der Waals surface area contributed by atoms with Crippen molar-refractivity contribution in [3.63, 3.8) is 0 Å². The number of ether oxygens (including phenoxy) is 1. The Hall–Kier alpha value is 0.363. The Balaban J connectivity index is 0. The zero-order chi connectivity index (χ0) is 9.98. The number of halogens is 3. The third kappa shape index (κ3) is 22.4. The maximum absolute atomic E-state index is 10.2. The molecule has 0 fully saturated rings. The number of rotatable bonds is 3. The maximum atomic E-state index is 10.2. The molecule has 12 heavy (non-hydrogen) atoms. The SMILES string of the molecule is C=CCOC(=O)C=C.[Cl][GeH]([Cl])[Cl]. The van der Waals surface area contributed by atoms with Gasteiger partial charge in [-0.05, 0) is 0 Å². The molecule has 0 saturated heterocycles. The molecule has 0 N–H and O–H groups in total. The Morgan fingerprint density at radius 1 is 1.42 bits per heavy atom. The number of carbonyl (C=O) groups is 1. The number of carbonyl (C=O) groups excluding carboxylic acids is 1. The van der Waals surface area contributed by atoms with Crippen LogP contribution in [0.15, 0.2) is 25.3 Å². The molecule has 70 valence electrons. The van der Waals surface area contributed by atoms with Gasteiger partial charge in [-0.2, -0.15) is 0 Å². The van der Waals surface area contributed by atoms with Gasteiger partial charge in [0, 0.05) is 6.08 Å². The fourth-order valence-electron chi connectivity index (χ4n) is 0.200. The van der Waals surface area contributed by atoms with Crippen LogP contribution in [-0.4, -0.2) is 24.1 Å². The average molecular weight is 292 g/mol. The van der Waals surface area contributed by atoms with Crippen LogP contribution in [0.1, 0.15) is 0 Å². The molecule has 0 saturated carbocycles. The first kappa shape index (κ1) is 14.9. The van der Waals surface area contributed by atoms with Gasteiger partial charge in [-0.3, -0.25) is 0 Å². The second-order valence-electron chi connectivity index (χ2n) is 1.37. The first-order valence-corrected chi connectivity index (χ1v) is 12.4. The fourth-order valence-corrected chi connectivity index (χ4v) is 0.200. The van der Waals surface area contributed by atoms with Gasteiger partial charge in [0.05, 0.1) is 0 Å².